The highest BCUT2D eigenvalue weighted by Crippen LogP contribution is 2.39. The van der Waals surface area contributed by atoms with Gasteiger partial charge in [-0.2, -0.15) is 0 Å². The van der Waals surface area contributed by atoms with E-state index in [0.29, 0.717) is 0 Å². The van der Waals surface area contributed by atoms with Crippen molar-refractivity contribution in [2.45, 2.75) is 25.3 Å². The second-order valence-corrected chi connectivity index (χ2v) is 7.98. The number of aromatic nitrogens is 2. The molecule has 136 valence electrons. The molecule has 0 amide bonds. The van der Waals surface area contributed by atoms with E-state index in [2.05, 4.69) is 46.4 Å². The largest absolute Gasteiger partial charge is 0.497 e. The summed E-state index contributed by atoms with van der Waals surface area (Å²) in [4.78, 5) is 13.9. The highest BCUT2D eigenvalue weighted by molar-refractivity contribution is 7.19. The van der Waals surface area contributed by atoms with Crippen LogP contribution in [-0.4, -0.2) is 42.6 Å². The summed E-state index contributed by atoms with van der Waals surface area (Å²) in [7, 11) is 5.91. The summed E-state index contributed by atoms with van der Waals surface area (Å²) < 4.78 is 5.39. The van der Waals surface area contributed by atoms with Gasteiger partial charge >= 0.3 is 0 Å². The van der Waals surface area contributed by atoms with E-state index in [1.807, 2.05) is 23.5 Å². The number of hydrogen-bond donors (Lipinski definition) is 1. The molecule has 2 aromatic heterocycles. The minimum atomic E-state index is 0.224. The first-order chi connectivity index (χ1) is 12.7. The molecule has 0 bridgehead atoms. The first-order valence-electron chi connectivity index (χ1n) is 8.97. The van der Waals surface area contributed by atoms with E-state index in [4.69, 9.17) is 4.74 Å². The Hall–Kier alpha value is -2.18. The summed E-state index contributed by atoms with van der Waals surface area (Å²) >= 11 is 1.82. The number of aryl methyl sites for hydroxylation is 2. The Bertz CT molecular complexity index is 921. The molecule has 0 saturated carbocycles. The van der Waals surface area contributed by atoms with Gasteiger partial charge in [0.15, 0.2) is 0 Å². The van der Waals surface area contributed by atoms with Crippen LogP contribution in [0.2, 0.25) is 0 Å². The maximum absolute atomic E-state index is 5.39. The van der Waals surface area contributed by atoms with Gasteiger partial charge in [0, 0.05) is 11.4 Å². The van der Waals surface area contributed by atoms with Crippen LogP contribution in [0, 0.1) is 0 Å². The summed E-state index contributed by atoms with van der Waals surface area (Å²) in [6.45, 7) is 0.775. The van der Waals surface area contributed by atoms with Crippen LogP contribution in [0.5, 0.6) is 5.75 Å². The Kier molecular flexibility index (Phi) is 4.78. The molecule has 2 heterocycles. The van der Waals surface area contributed by atoms with Gasteiger partial charge in [-0.3, -0.25) is 0 Å². The minimum absolute atomic E-state index is 0.224. The van der Waals surface area contributed by atoms with Gasteiger partial charge in [-0.1, -0.05) is 12.1 Å². The third-order valence-electron chi connectivity index (χ3n) is 5.07. The number of nitrogens with one attached hydrogen (secondary N) is 1. The third kappa shape index (κ3) is 3.15. The smallest absolute Gasteiger partial charge is 0.138 e. The van der Waals surface area contributed by atoms with Crippen LogP contribution in [0.25, 0.3) is 10.2 Å². The van der Waals surface area contributed by atoms with E-state index in [1.165, 1.54) is 34.2 Å². The van der Waals surface area contributed by atoms with E-state index in [9.17, 15) is 0 Å². The molecule has 1 aromatic carbocycles. The molecule has 0 spiro atoms. The lowest BCUT2D eigenvalue weighted by atomic mass is 10.1. The van der Waals surface area contributed by atoms with Crippen molar-refractivity contribution in [3.05, 3.63) is 46.6 Å². The Morgan fingerprint density at radius 3 is 2.96 bits per heavy atom. The van der Waals surface area contributed by atoms with E-state index in [1.54, 1.807) is 13.4 Å². The van der Waals surface area contributed by atoms with Crippen LogP contribution in [0.4, 0.5) is 5.82 Å². The number of rotatable bonds is 6. The van der Waals surface area contributed by atoms with Crippen LogP contribution >= 0.6 is 11.3 Å². The molecule has 4 rings (SSSR count). The predicted molar refractivity (Wildman–Crippen MR) is 107 cm³/mol. The molecular weight excluding hydrogens is 344 g/mol. The van der Waals surface area contributed by atoms with Crippen molar-refractivity contribution in [1.82, 2.24) is 14.9 Å². The number of methoxy groups -OCH3 is 1. The van der Waals surface area contributed by atoms with Gasteiger partial charge in [0.2, 0.25) is 0 Å². The van der Waals surface area contributed by atoms with Gasteiger partial charge in [0.05, 0.1) is 18.5 Å². The summed E-state index contributed by atoms with van der Waals surface area (Å²) in [5.41, 5.74) is 2.68. The molecule has 3 aromatic rings. The average molecular weight is 369 g/mol. The topological polar surface area (TPSA) is 50.3 Å². The maximum Gasteiger partial charge on any atom is 0.138 e. The zero-order valence-corrected chi connectivity index (χ0v) is 16.3. The van der Waals surface area contributed by atoms with E-state index in [0.717, 1.165) is 29.4 Å². The molecule has 0 fully saturated rings. The van der Waals surface area contributed by atoms with Gasteiger partial charge in [-0.05, 0) is 56.6 Å². The lowest BCUT2D eigenvalue weighted by molar-refractivity contribution is 0.310. The second-order valence-electron chi connectivity index (χ2n) is 6.90. The van der Waals surface area contributed by atoms with Gasteiger partial charge in [0.1, 0.15) is 22.7 Å². The van der Waals surface area contributed by atoms with Crippen molar-refractivity contribution in [1.29, 1.82) is 0 Å². The number of benzene rings is 1. The fourth-order valence-corrected chi connectivity index (χ4v) is 4.93. The van der Waals surface area contributed by atoms with Crippen molar-refractivity contribution < 1.29 is 4.74 Å². The first-order valence-corrected chi connectivity index (χ1v) is 9.78. The molecule has 1 aliphatic rings. The van der Waals surface area contributed by atoms with Crippen LogP contribution in [0.1, 0.15) is 28.5 Å². The molecule has 1 N–H and O–H groups in total. The SMILES string of the molecule is COc1cccc([C@H](CNc2ncnc3sc4c(c23)CCC4)N(C)C)c1. The van der Waals surface area contributed by atoms with E-state index in [-0.39, 0.29) is 6.04 Å². The summed E-state index contributed by atoms with van der Waals surface area (Å²) in [6, 6.07) is 8.49. The van der Waals surface area contributed by atoms with Crippen LogP contribution in [0.15, 0.2) is 30.6 Å². The molecule has 0 unspecified atom stereocenters. The van der Waals surface area contributed by atoms with Crippen molar-refractivity contribution in [2.75, 3.05) is 33.1 Å². The normalized spacial score (nSPS) is 14.6. The first kappa shape index (κ1) is 17.2. The molecule has 0 aliphatic heterocycles. The molecule has 0 saturated heterocycles. The average Bonchev–Trinajstić information content (AvgIpc) is 3.23. The van der Waals surface area contributed by atoms with E-state index >= 15 is 0 Å². The lowest BCUT2D eigenvalue weighted by Gasteiger charge is -2.26. The number of nitrogens with zero attached hydrogens (tertiary/aromatic N) is 3. The standard InChI is InChI=1S/C20H24N4OS/c1-24(2)16(13-6-4-7-14(10-13)25-3)11-21-19-18-15-8-5-9-17(15)26-20(18)23-12-22-19/h4,6-7,10,12,16H,5,8-9,11H2,1-3H3,(H,21,22,23)/t16-/m0/s1. The Morgan fingerprint density at radius 2 is 2.15 bits per heavy atom. The third-order valence-corrected chi connectivity index (χ3v) is 6.27. The molecule has 0 radical (unpaired) electrons. The number of anilines is 1. The van der Waals surface area contributed by atoms with E-state index < -0.39 is 0 Å². The molecule has 26 heavy (non-hydrogen) atoms. The summed E-state index contributed by atoms with van der Waals surface area (Å²) in [5.74, 6) is 1.85. The zero-order valence-electron chi connectivity index (χ0n) is 15.5. The minimum Gasteiger partial charge on any atom is -0.497 e. The fraction of sp³-hybridized carbons (Fsp3) is 0.400. The van der Waals surface area contributed by atoms with Gasteiger partial charge in [-0.25, -0.2) is 9.97 Å². The van der Waals surface area contributed by atoms with Crippen molar-refractivity contribution >= 4 is 27.4 Å². The molecule has 6 heteroatoms. The maximum atomic E-state index is 5.39. The number of hydrogen-bond acceptors (Lipinski definition) is 6. The Labute approximate surface area is 158 Å². The van der Waals surface area contributed by atoms with Crippen LogP contribution in [-0.2, 0) is 12.8 Å². The molecule has 5 nitrogen and oxygen atoms in total. The van der Waals surface area contributed by atoms with Crippen molar-refractivity contribution in [3.63, 3.8) is 0 Å². The molecule has 1 atom stereocenters. The van der Waals surface area contributed by atoms with Crippen LogP contribution in [0.3, 0.4) is 0 Å². The Balaban J connectivity index is 1.61. The van der Waals surface area contributed by atoms with Gasteiger partial charge in [0.25, 0.3) is 0 Å². The van der Waals surface area contributed by atoms with Gasteiger partial charge < -0.3 is 15.0 Å². The van der Waals surface area contributed by atoms with Gasteiger partial charge in [-0.15, -0.1) is 11.3 Å². The number of likely N-dealkylation sites (N-methyl/N-ethyl adjacent to an activating group) is 1. The number of ether oxygens (including phenoxy) is 1. The Morgan fingerprint density at radius 1 is 1.27 bits per heavy atom. The summed E-state index contributed by atoms with van der Waals surface area (Å²) in [6.07, 6.45) is 5.24. The molecule has 1 aliphatic carbocycles. The quantitative estimate of drug-likeness (QED) is 0.715. The molecular formula is C20H24N4OS. The number of fused-ring (bicyclic) bond motifs is 3. The van der Waals surface area contributed by atoms with Crippen molar-refractivity contribution in [2.24, 2.45) is 0 Å². The predicted octanol–water partition coefficient (Wildman–Crippen LogP) is 3.90. The van der Waals surface area contributed by atoms with Crippen LogP contribution < -0.4 is 10.1 Å². The van der Waals surface area contributed by atoms with Crippen molar-refractivity contribution in [3.8, 4) is 5.75 Å². The lowest BCUT2D eigenvalue weighted by Crippen LogP contribution is -2.27. The monoisotopic (exact) mass is 368 g/mol. The second kappa shape index (κ2) is 7.21. The fourth-order valence-electron chi connectivity index (χ4n) is 3.70. The highest BCUT2D eigenvalue weighted by Gasteiger charge is 2.22. The zero-order chi connectivity index (χ0) is 18.1. The number of thiophene rings is 1. The highest BCUT2D eigenvalue weighted by atomic mass is 32.1. The summed E-state index contributed by atoms with van der Waals surface area (Å²) in [5, 5.41) is 4.82.